The summed E-state index contributed by atoms with van der Waals surface area (Å²) in [6.07, 6.45) is 0. The van der Waals surface area contributed by atoms with Crippen LogP contribution < -0.4 is 10.6 Å². The Kier molecular flexibility index (Phi) is 3.16. The highest BCUT2D eigenvalue weighted by Crippen LogP contribution is 2.19. The maximum Gasteiger partial charge on any atom is 0.240 e. The maximum absolute atomic E-state index is 5.09. The fourth-order valence-electron chi connectivity index (χ4n) is 1.41. The first-order valence-electron chi connectivity index (χ1n) is 5.09. The summed E-state index contributed by atoms with van der Waals surface area (Å²) in [6.45, 7) is 0.582. The lowest BCUT2D eigenvalue weighted by molar-refractivity contribution is 0.372. The molecule has 0 bridgehead atoms. The first kappa shape index (κ1) is 10.6. The summed E-state index contributed by atoms with van der Waals surface area (Å²) >= 11 is 0. The smallest absolute Gasteiger partial charge is 0.240 e. The number of aromatic nitrogens is 2. The van der Waals surface area contributed by atoms with Gasteiger partial charge in [-0.15, -0.1) is 0 Å². The van der Waals surface area contributed by atoms with E-state index in [0.29, 0.717) is 18.3 Å². The van der Waals surface area contributed by atoms with Gasteiger partial charge in [0.25, 0.3) is 0 Å². The zero-order chi connectivity index (χ0) is 11.4. The number of benzene rings is 1. The van der Waals surface area contributed by atoms with Gasteiger partial charge in [0.15, 0.2) is 0 Å². The number of rotatable bonds is 4. The van der Waals surface area contributed by atoms with Gasteiger partial charge in [-0.3, -0.25) is 0 Å². The molecule has 5 nitrogen and oxygen atoms in total. The van der Waals surface area contributed by atoms with Crippen molar-refractivity contribution < 1.29 is 4.52 Å². The summed E-state index contributed by atoms with van der Waals surface area (Å²) in [5, 5.41) is 9.96. The Hall–Kier alpha value is -1.88. The fourth-order valence-corrected chi connectivity index (χ4v) is 1.41. The molecule has 0 spiro atoms. The van der Waals surface area contributed by atoms with Gasteiger partial charge in [0.05, 0.1) is 6.54 Å². The van der Waals surface area contributed by atoms with Crippen LogP contribution in [0.15, 0.2) is 28.8 Å². The molecule has 0 aliphatic heterocycles. The third-order valence-corrected chi connectivity index (χ3v) is 2.21. The lowest BCUT2D eigenvalue weighted by Crippen LogP contribution is -2.04. The predicted octanol–water partition coefficient (Wildman–Crippen LogP) is 1.50. The van der Waals surface area contributed by atoms with Gasteiger partial charge in [0.2, 0.25) is 11.7 Å². The van der Waals surface area contributed by atoms with E-state index >= 15 is 0 Å². The molecular weight excluding hydrogens is 204 g/mol. The highest BCUT2D eigenvalue weighted by Gasteiger charge is 2.07. The second-order valence-corrected chi connectivity index (χ2v) is 3.37. The second kappa shape index (κ2) is 4.76. The molecule has 1 aromatic carbocycles. The molecule has 0 saturated carbocycles. The largest absolute Gasteiger partial charge is 0.388 e. The van der Waals surface area contributed by atoms with Gasteiger partial charge in [-0.05, 0) is 19.2 Å². The summed E-state index contributed by atoms with van der Waals surface area (Å²) in [4.78, 5) is 4.28. The Balaban J connectivity index is 2.27. The van der Waals surface area contributed by atoms with E-state index in [1.165, 1.54) is 0 Å². The van der Waals surface area contributed by atoms with Gasteiger partial charge in [-0.1, -0.05) is 17.3 Å². The van der Waals surface area contributed by atoms with E-state index in [9.17, 15) is 0 Å². The third-order valence-electron chi connectivity index (χ3n) is 2.21. The normalized spacial score (nSPS) is 10.4. The quantitative estimate of drug-likeness (QED) is 0.814. The Morgan fingerprint density at radius 1 is 1.31 bits per heavy atom. The molecule has 0 radical (unpaired) electrons. The van der Waals surface area contributed by atoms with Crippen molar-refractivity contribution in [2.45, 2.75) is 6.54 Å². The molecule has 16 heavy (non-hydrogen) atoms. The number of hydrogen-bond donors (Lipinski definition) is 2. The third kappa shape index (κ3) is 2.20. The molecule has 5 heteroatoms. The van der Waals surface area contributed by atoms with Crippen LogP contribution in [0.4, 0.5) is 5.69 Å². The molecule has 0 saturated heterocycles. The van der Waals surface area contributed by atoms with Crippen molar-refractivity contribution in [1.82, 2.24) is 15.5 Å². The van der Waals surface area contributed by atoms with Crippen LogP contribution in [-0.2, 0) is 6.54 Å². The number of nitrogens with zero attached hydrogens (tertiary/aromatic N) is 2. The summed E-state index contributed by atoms with van der Waals surface area (Å²) in [7, 11) is 3.72. The molecule has 0 aliphatic carbocycles. The van der Waals surface area contributed by atoms with Crippen LogP contribution in [0.25, 0.3) is 11.4 Å². The Morgan fingerprint density at radius 2 is 2.19 bits per heavy atom. The highest BCUT2D eigenvalue weighted by molar-refractivity contribution is 5.61. The monoisotopic (exact) mass is 218 g/mol. The van der Waals surface area contributed by atoms with Gasteiger partial charge in [-0.25, -0.2) is 0 Å². The molecular formula is C11H14N4O. The van der Waals surface area contributed by atoms with E-state index in [-0.39, 0.29) is 0 Å². The molecule has 0 unspecified atom stereocenters. The molecule has 1 aromatic heterocycles. The van der Waals surface area contributed by atoms with Crippen LogP contribution in [0.1, 0.15) is 5.89 Å². The Bertz CT molecular complexity index is 467. The van der Waals surface area contributed by atoms with Crippen molar-refractivity contribution in [2.75, 3.05) is 19.4 Å². The van der Waals surface area contributed by atoms with Crippen LogP contribution >= 0.6 is 0 Å². The van der Waals surface area contributed by atoms with Crippen molar-refractivity contribution in [1.29, 1.82) is 0 Å². The van der Waals surface area contributed by atoms with Gasteiger partial charge in [-0.2, -0.15) is 4.98 Å². The summed E-state index contributed by atoms with van der Waals surface area (Å²) < 4.78 is 5.09. The number of nitrogens with one attached hydrogen (secondary N) is 2. The molecule has 2 N–H and O–H groups in total. The zero-order valence-electron chi connectivity index (χ0n) is 9.32. The van der Waals surface area contributed by atoms with E-state index in [1.54, 1.807) is 0 Å². The van der Waals surface area contributed by atoms with E-state index in [0.717, 1.165) is 11.3 Å². The number of hydrogen-bond acceptors (Lipinski definition) is 5. The lowest BCUT2D eigenvalue weighted by Gasteiger charge is -2.00. The van der Waals surface area contributed by atoms with E-state index in [4.69, 9.17) is 4.52 Å². The van der Waals surface area contributed by atoms with Crippen molar-refractivity contribution in [3.63, 3.8) is 0 Å². The van der Waals surface area contributed by atoms with Gasteiger partial charge >= 0.3 is 0 Å². The van der Waals surface area contributed by atoms with E-state index < -0.39 is 0 Å². The molecule has 0 aliphatic rings. The van der Waals surface area contributed by atoms with Crippen molar-refractivity contribution in [3.8, 4) is 11.4 Å². The zero-order valence-corrected chi connectivity index (χ0v) is 9.32. The fraction of sp³-hybridized carbons (Fsp3) is 0.273. The minimum atomic E-state index is 0.582. The van der Waals surface area contributed by atoms with E-state index in [2.05, 4.69) is 20.8 Å². The highest BCUT2D eigenvalue weighted by atomic mass is 16.5. The van der Waals surface area contributed by atoms with Crippen molar-refractivity contribution in [3.05, 3.63) is 30.2 Å². The first-order valence-corrected chi connectivity index (χ1v) is 5.09. The molecule has 2 rings (SSSR count). The van der Waals surface area contributed by atoms with Gasteiger partial charge < -0.3 is 15.2 Å². The van der Waals surface area contributed by atoms with Crippen LogP contribution in [0.5, 0.6) is 0 Å². The molecule has 0 fully saturated rings. The summed E-state index contributed by atoms with van der Waals surface area (Å²) in [6, 6.07) is 7.87. The lowest BCUT2D eigenvalue weighted by atomic mass is 10.2. The topological polar surface area (TPSA) is 63.0 Å². The van der Waals surface area contributed by atoms with Crippen LogP contribution in [0.3, 0.4) is 0 Å². The Labute approximate surface area is 93.9 Å². The molecule has 0 atom stereocenters. The molecule has 84 valence electrons. The standard InChI is InChI=1S/C11H14N4O/c1-12-7-10-14-11(15-16-10)8-4-3-5-9(6-8)13-2/h3-6,12-13H,7H2,1-2H3. The average Bonchev–Trinajstić information content (AvgIpc) is 2.78. The van der Waals surface area contributed by atoms with Crippen LogP contribution in [-0.4, -0.2) is 24.2 Å². The van der Waals surface area contributed by atoms with Crippen LogP contribution in [0.2, 0.25) is 0 Å². The van der Waals surface area contributed by atoms with Crippen molar-refractivity contribution >= 4 is 5.69 Å². The first-order chi connectivity index (χ1) is 7.83. The molecule has 1 heterocycles. The van der Waals surface area contributed by atoms with Gasteiger partial charge in [0, 0.05) is 18.3 Å². The Morgan fingerprint density at radius 3 is 2.94 bits per heavy atom. The minimum Gasteiger partial charge on any atom is -0.388 e. The van der Waals surface area contributed by atoms with Crippen LogP contribution in [0, 0.1) is 0 Å². The molecule has 2 aromatic rings. The minimum absolute atomic E-state index is 0.582. The maximum atomic E-state index is 5.09. The second-order valence-electron chi connectivity index (χ2n) is 3.37. The average molecular weight is 218 g/mol. The van der Waals surface area contributed by atoms with Gasteiger partial charge in [0.1, 0.15) is 0 Å². The molecule has 0 amide bonds. The summed E-state index contributed by atoms with van der Waals surface area (Å²) in [5.74, 6) is 1.20. The van der Waals surface area contributed by atoms with E-state index in [1.807, 2.05) is 38.4 Å². The van der Waals surface area contributed by atoms with Crippen molar-refractivity contribution in [2.24, 2.45) is 0 Å². The SMILES string of the molecule is CNCc1nc(-c2cccc(NC)c2)no1. The predicted molar refractivity (Wildman–Crippen MR) is 62.0 cm³/mol. The number of anilines is 1. The summed E-state index contributed by atoms with van der Waals surface area (Å²) in [5.41, 5.74) is 1.97.